The predicted octanol–water partition coefficient (Wildman–Crippen LogP) is 4.52. The van der Waals surface area contributed by atoms with Crippen LogP contribution in [-0.4, -0.2) is 25.0 Å². The minimum atomic E-state index is -0.261. The van der Waals surface area contributed by atoms with Gasteiger partial charge in [0.2, 0.25) is 5.91 Å². The standard InChI is InChI=1S/C22H28N4O2/c1-16(18-7-6-8-20(15-18)24-17(2)27)23-22(28)25-19-9-11-21(12-10-19)26-13-4-3-5-14-26/h6-12,15-16H,3-5,13-14H2,1-2H3,(H,24,27)(H2,23,25,28). The molecule has 1 aliphatic rings. The quantitative estimate of drug-likeness (QED) is 0.714. The molecule has 0 aliphatic carbocycles. The summed E-state index contributed by atoms with van der Waals surface area (Å²) in [6.45, 7) is 5.58. The van der Waals surface area contributed by atoms with Crippen molar-refractivity contribution >= 4 is 29.0 Å². The molecule has 0 aromatic heterocycles. The number of amides is 3. The number of nitrogens with one attached hydrogen (secondary N) is 3. The molecule has 1 unspecified atom stereocenters. The van der Waals surface area contributed by atoms with Crippen LogP contribution in [0, 0.1) is 0 Å². The van der Waals surface area contributed by atoms with Crippen LogP contribution in [0.1, 0.15) is 44.7 Å². The van der Waals surface area contributed by atoms with E-state index in [1.165, 1.54) is 31.9 Å². The molecular weight excluding hydrogens is 352 g/mol. The Morgan fingerprint density at radius 3 is 2.32 bits per heavy atom. The fourth-order valence-corrected chi connectivity index (χ4v) is 3.44. The van der Waals surface area contributed by atoms with Crippen molar-refractivity contribution in [2.75, 3.05) is 28.6 Å². The summed E-state index contributed by atoms with van der Waals surface area (Å²) in [5.41, 5.74) is 3.60. The van der Waals surface area contributed by atoms with E-state index in [0.29, 0.717) is 5.69 Å². The van der Waals surface area contributed by atoms with Crippen LogP contribution in [0.3, 0.4) is 0 Å². The van der Waals surface area contributed by atoms with Crippen molar-refractivity contribution in [2.24, 2.45) is 0 Å². The van der Waals surface area contributed by atoms with E-state index in [-0.39, 0.29) is 18.0 Å². The summed E-state index contributed by atoms with van der Waals surface area (Å²) >= 11 is 0. The summed E-state index contributed by atoms with van der Waals surface area (Å²) in [7, 11) is 0. The largest absolute Gasteiger partial charge is 0.372 e. The lowest BCUT2D eigenvalue weighted by molar-refractivity contribution is -0.114. The second-order valence-electron chi connectivity index (χ2n) is 7.22. The van der Waals surface area contributed by atoms with Crippen molar-refractivity contribution in [1.29, 1.82) is 0 Å². The number of carbonyl (C=O) groups is 2. The van der Waals surface area contributed by atoms with E-state index in [1.807, 2.05) is 43.3 Å². The van der Waals surface area contributed by atoms with Gasteiger partial charge in [-0.1, -0.05) is 12.1 Å². The Hall–Kier alpha value is -3.02. The Balaban J connectivity index is 1.55. The minimum absolute atomic E-state index is 0.122. The summed E-state index contributed by atoms with van der Waals surface area (Å²) < 4.78 is 0. The third-order valence-corrected chi connectivity index (χ3v) is 4.90. The van der Waals surface area contributed by atoms with E-state index < -0.39 is 0 Å². The average Bonchev–Trinajstić information content (AvgIpc) is 2.69. The maximum Gasteiger partial charge on any atom is 0.319 e. The molecule has 3 amide bonds. The smallest absolute Gasteiger partial charge is 0.319 e. The predicted molar refractivity (Wildman–Crippen MR) is 114 cm³/mol. The molecule has 2 aromatic carbocycles. The van der Waals surface area contributed by atoms with Gasteiger partial charge < -0.3 is 20.9 Å². The monoisotopic (exact) mass is 380 g/mol. The van der Waals surface area contributed by atoms with E-state index in [2.05, 4.69) is 33.0 Å². The first kappa shape index (κ1) is 19.7. The molecule has 0 saturated carbocycles. The maximum atomic E-state index is 12.3. The number of urea groups is 1. The lowest BCUT2D eigenvalue weighted by atomic mass is 10.1. The van der Waals surface area contributed by atoms with E-state index >= 15 is 0 Å². The zero-order chi connectivity index (χ0) is 19.9. The molecule has 6 nitrogen and oxygen atoms in total. The first-order valence-electron chi connectivity index (χ1n) is 9.81. The highest BCUT2D eigenvalue weighted by atomic mass is 16.2. The van der Waals surface area contributed by atoms with E-state index in [1.54, 1.807) is 0 Å². The second kappa shape index (κ2) is 9.26. The van der Waals surface area contributed by atoms with Gasteiger partial charge in [0, 0.05) is 37.1 Å². The van der Waals surface area contributed by atoms with Crippen LogP contribution in [0.4, 0.5) is 21.9 Å². The van der Waals surface area contributed by atoms with E-state index in [9.17, 15) is 9.59 Å². The van der Waals surface area contributed by atoms with E-state index in [0.717, 1.165) is 24.3 Å². The Kier molecular flexibility index (Phi) is 6.53. The molecule has 1 aliphatic heterocycles. The number of carbonyl (C=O) groups excluding carboxylic acids is 2. The number of hydrogen-bond donors (Lipinski definition) is 3. The molecule has 3 N–H and O–H groups in total. The van der Waals surface area contributed by atoms with Gasteiger partial charge in [0.05, 0.1) is 6.04 Å². The SMILES string of the molecule is CC(=O)Nc1cccc(C(C)NC(=O)Nc2ccc(N3CCCCC3)cc2)c1. The molecule has 1 saturated heterocycles. The van der Waals surface area contributed by atoms with Crippen molar-refractivity contribution in [3.63, 3.8) is 0 Å². The van der Waals surface area contributed by atoms with Crippen LogP contribution < -0.4 is 20.9 Å². The number of benzene rings is 2. The van der Waals surface area contributed by atoms with Crippen molar-refractivity contribution in [1.82, 2.24) is 5.32 Å². The van der Waals surface area contributed by atoms with Gasteiger partial charge in [0.1, 0.15) is 0 Å². The Bertz CT molecular complexity index is 814. The average molecular weight is 380 g/mol. The lowest BCUT2D eigenvalue weighted by Crippen LogP contribution is -2.31. The van der Waals surface area contributed by atoms with Gasteiger partial charge in [0.25, 0.3) is 0 Å². The maximum absolute atomic E-state index is 12.3. The van der Waals surface area contributed by atoms with Gasteiger partial charge in [-0.3, -0.25) is 4.79 Å². The number of anilines is 3. The molecule has 28 heavy (non-hydrogen) atoms. The Morgan fingerprint density at radius 2 is 1.64 bits per heavy atom. The molecule has 2 aromatic rings. The molecule has 1 heterocycles. The van der Waals surface area contributed by atoms with Crippen molar-refractivity contribution < 1.29 is 9.59 Å². The first-order valence-corrected chi connectivity index (χ1v) is 9.81. The second-order valence-corrected chi connectivity index (χ2v) is 7.22. The fraction of sp³-hybridized carbons (Fsp3) is 0.364. The zero-order valence-corrected chi connectivity index (χ0v) is 16.5. The number of nitrogens with zero attached hydrogens (tertiary/aromatic N) is 1. The van der Waals surface area contributed by atoms with Gasteiger partial charge in [-0.15, -0.1) is 0 Å². The van der Waals surface area contributed by atoms with Gasteiger partial charge in [0.15, 0.2) is 0 Å². The Morgan fingerprint density at radius 1 is 0.929 bits per heavy atom. The molecule has 0 spiro atoms. The summed E-state index contributed by atoms with van der Waals surface area (Å²) in [4.78, 5) is 25.9. The van der Waals surface area contributed by atoms with Gasteiger partial charge in [-0.25, -0.2) is 4.79 Å². The topological polar surface area (TPSA) is 73.5 Å². The van der Waals surface area contributed by atoms with Crippen molar-refractivity contribution in [2.45, 2.75) is 39.2 Å². The molecular formula is C22H28N4O2. The van der Waals surface area contributed by atoms with Gasteiger partial charge in [-0.05, 0) is 68.1 Å². The van der Waals surface area contributed by atoms with Crippen LogP contribution >= 0.6 is 0 Å². The Labute approximate surface area is 166 Å². The molecule has 0 bridgehead atoms. The molecule has 3 rings (SSSR count). The lowest BCUT2D eigenvalue weighted by Gasteiger charge is -2.28. The molecule has 6 heteroatoms. The number of piperidine rings is 1. The van der Waals surface area contributed by atoms with Crippen LogP contribution in [0.2, 0.25) is 0 Å². The first-order chi connectivity index (χ1) is 13.5. The van der Waals surface area contributed by atoms with Crippen molar-refractivity contribution in [3.8, 4) is 0 Å². The highest BCUT2D eigenvalue weighted by Gasteiger charge is 2.12. The van der Waals surface area contributed by atoms with Crippen LogP contribution in [-0.2, 0) is 4.79 Å². The molecule has 148 valence electrons. The summed E-state index contributed by atoms with van der Waals surface area (Å²) in [6, 6.07) is 15.0. The summed E-state index contributed by atoms with van der Waals surface area (Å²) in [6.07, 6.45) is 3.79. The summed E-state index contributed by atoms with van der Waals surface area (Å²) in [5, 5.41) is 8.57. The highest BCUT2D eigenvalue weighted by molar-refractivity contribution is 5.90. The molecule has 1 atom stereocenters. The normalized spacial score (nSPS) is 14.9. The van der Waals surface area contributed by atoms with Crippen molar-refractivity contribution in [3.05, 3.63) is 54.1 Å². The van der Waals surface area contributed by atoms with Crippen LogP contribution in [0.5, 0.6) is 0 Å². The minimum Gasteiger partial charge on any atom is -0.372 e. The fourth-order valence-electron chi connectivity index (χ4n) is 3.44. The third kappa shape index (κ3) is 5.49. The highest BCUT2D eigenvalue weighted by Crippen LogP contribution is 2.22. The van der Waals surface area contributed by atoms with Gasteiger partial charge in [-0.2, -0.15) is 0 Å². The molecule has 1 fully saturated rings. The molecule has 0 radical (unpaired) electrons. The number of hydrogen-bond acceptors (Lipinski definition) is 3. The van der Waals surface area contributed by atoms with Crippen LogP contribution in [0.15, 0.2) is 48.5 Å². The summed E-state index contributed by atoms with van der Waals surface area (Å²) in [5.74, 6) is -0.122. The zero-order valence-electron chi connectivity index (χ0n) is 16.5. The van der Waals surface area contributed by atoms with E-state index in [4.69, 9.17) is 0 Å². The third-order valence-electron chi connectivity index (χ3n) is 4.90. The number of rotatable bonds is 5. The van der Waals surface area contributed by atoms with Gasteiger partial charge >= 0.3 is 6.03 Å². The van der Waals surface area contributed by atoms with Crippen LogP contribution in [0.25, 0.3) is 0 Å².